The first-order valence-electron chi connectivity index (χ1n) is 4.75. The predicted octanol–water partition coefficient (Wildman–Crippen LogP) is 0.605. The van der Waals surface area contributed by atoms with Crippen LogP contribution in [0.3, 0.4) is 0 Å². The van der Waals surface area contributed by atoms with Crippen molar-refractivity contribution in [2.75, 3.05) is 0 Å². The van der Waals surface area contributed by atoms with Crippen LogP contribution in [0.5, 0.6) is 0 Å². The molecule has 0 saturated carbocycles. The van der Waals surface area contributed by atoms with Gasteiger partial charge in [0.2, 0.25) is 0 Å². The molecule has 1 N–H and O–H groups in total. The third-order valence-corrected chi connectivity index (χ3v) is 2.55. The fourth-order valence-corrected chi connectivity index (χ4v) is 1.60. The van der Waals surface area contributed by atoms with Crippen molar-refractivity contribution in [1.29, 1.82) is 0 Å². The molecular formula is C10H12N2O3. The summed E-state index contributed by atoms with van der Waals surface area (Å²) in [5, 5.41) is 0. The maximum absolute atomic E-state index is 11.4. The van der Waals surface area contributed by atoms with Gasteiger partial charge in [-0.25, -0.2) is 4.79 Å². The summed E-state index contributed by atoms with van der Waals surface area (Å²) in [6.07, 6.45) is 1.79. The van der Waals surface area contributed by atoms with Crippen molar-refractivity contribution < 1.29 is 4.74 Å². The summed E-state index contributed by atoms with van der Waals surface area (Å²) < 4.78 is 6.80. The van der Waals surface area contributed by atoms with E-state index in [0.29, 0.717) is 12.2 Å². The van der Waals surface area contributed by atoms with Gasteiger partial charge in [0.15, 0.2) is 6.23 Å². The summed E-state index contributed by atoms with van der Waals surface area (Å²) in [4.78, 5) is 24.5. The van der Waals surface area contributed by atoms with Crippen molar-refractivity contribution in [2.24, 2.45) is 5.92 Å². The second-order valence-corrected chi connectivity index (χ2v) is 3.69. The second-order valence-electron chi connectivity index (χ2n) is 3.69. The summed E-state index contributed by atoms with van der Waals surface area (Å²) in [6, 6.07) is 1.30. The van der Waals surface area contributed by atoms with Crippen LogP contribution in [0.4, 0.5) is 0 Å². The number of hydrogen-bond donors (Lipinski definition) is 1. The van der Waals surface area contributed by atoms with E-state index in [2.05, 4.69) is 11.6 Å². The standard InChI is InChI=1S/C10H12N2O3/c1-6-5-9(15-7(6)2)12-4-3-8(13)11-10(12)14/h3-4,6,9H,2,5H2,1H3,(H,11,13,14)/t6-,9+/m0/s1. The lowest BCUT2D eigenvalue weighted by atomic mass is 10.1. The van der Waals surface area contributed by atoms with Crippen molar-refractivity contribution in [2.45, 2.75) is 19.6 Å². The molecule has 5 heteroatoms. The van der Waals surface area contributed by atoms with Gasteiger partial charge in [0.25, 0.3) is 5.56 Å². The second kappa shape index (κ2) is 3.42. The third-order valence-electron chi connectivity index (χ3n) is 2.55. The number of aromatic nitrogens is 2. The molecule has 1 aromatic heterocycles. The predicted molar refractivity (Wildman–Crippen MR) is 54.4 cm³/mol. The van der Waals surface area contributed by atoms with E-state index in [4.69, 9.17) is 4.74 Å². The molecule has 2 heterocycles. The van der Waals surface area contributed by atoms with Gasteiger partial charge in [-0.2, -0.15) is 0 Å². The summed E-state index contributed by atoms with van der Waals surface area (Å²) in [6.45, 7) is 5.73. The Kier molecular flexibility index (Phi) is 2.22. The zero-order valence-corrected chi connectivity index (χ0v) is 8.40. The first kappa shape index (κ1) is 9.76. The lowest BCUT2D eigenvalue weighted by molar-refractivity contribution is 0.0938. The first-order chi connectivity index (χ1) is 7.08. The molecule has 0 aromatic carbocycles. The fraction of sp³-hybridized carbons (Fsp3) is 0.400. The van der Waals surface area contributed by atoms with Gasteiger partial charge < -0.3 is 4.74 Å². The Morgan fingerprint density at radius 1 is 1.60 bits per heavy atom. The van der Waals surface area contributed by atoms with E-state index in [1.54, 1.807) is 0 Å². The molecular weight excluding hydrogens is 196 g/mol. The smallest absolute Gasteiger partial charge is 0.331 e. The van der Waals surface area contributed by atoms with Gasteiger partial charge >= 0.3 is 5.69 Å². The van der Waals surface area contributed by atoms with Gasteiger partial charge in [-0.15, -0.1) is 0 Å². The normalized spacial score (nSPS) is 25.3. The summed E-state index contributed by atoms with van der Waals surface area (Å²) in [5.74, 6) is 0.909. The third kappa shape index (κ3) is 1.72. The average molecular weight is 208 g/mol. The molecule has 2 rings (SSSR count). The van der Waals surface area contributed by atoms with Gasteiger partial charge in [-0.1, -0.05) is 13.5 Å². The van der Waals surface area contributed by atoms with Gasteiger partial charge in [0.05, 0.1) is 5.76 Å². The van der Waals surface area contributed by atoms with Crippen molar-refractivity contribution in [3.63, 3.8) is 0 Å². The van der Waals surface area contributed by atoms with Crippen LogP contribution in [0.2, 0.25) is 0 Å². The number of H-pyrrole nitrogens is 1. The highest BCUT2D eigenvalue weighted by Gasteiger charge is 2.28. The SMILES string of the molecule is C=C1O[C@@H](n2ccc(=O)[nH]c2=O)C[C@@H]1C. The zero-order chi connectivity index (χ0) is 11.0. The van der Waals surface area contributed by atoms with Crippen LogP contribution in [0, 0.1) is 5.92 Å². The van der Waals surface area contributed by atoms with Gasteiger partial charge in [0.1, 0.15) is 0 Å². The van der Waals surface area contributed by atoms with Crippen LogP contribution >= 0.6 is 0 Å². The Bertz CT molecular complexity index is 500. The Morgan fingerprint density at radius 3 is 2.87 bits per heavy atom. The lowest BCUT2D eigenvalue weighted by Crippen LogP contribution is -2.31. The number of rotatable bonds is 1. The molecule has 5 nitrogen and oxygen atoms in total. The summed E-state index contributed by atoms with van der Waals surface area (Å²) >= 11 is 0. The molecule has 15 heavy (non-hydrogen) atoms. The number of ether oxygens (including phenoxy) is 1. The van der Waals surface area contributed by atoms with E-state index in [1.165, 1.54) is 16.8 Å². The highest BCUT2D eigenvalue weighted by atomic mass is 16.5. The maximum atomic E-state index is 11.4. The number of nitrogens with one attached hydrogen (secondary N) is 1. The minimum absolute atomic E-state index is 0.230. The Labute approximate surface area is 86.0 Å². The van der Waals surface area contributed by atoms with Gasteiger partial charge in [-0.3, -0.25) is 14.3 Å². The molecule has 0 aliphatic carbocycles. The Balaban J connectivity index is 2.36. The molecule has 80 valence electrons. The maximum Gasteiger partial charge on any atom is 0.331 e. The largest absolute Gasteiger partial charge is 0.475 e. The van der Waals surface area contributed by atoms with Crippen molar-refractivity contribution in [3.8, 4) is 0 Å². The summed E-state index contributed by atoms with van der Waals surface area (Å²) in [7, 11) is 0. The molecule has 1 aromatic rings. The topological polar surface area (TPSA) is 64.1 Å². The summed E-state index contributed by atoms with van der Waals surface area (Å²) in [5.41, 5.74) is -0.851. The Hall–Kier alpha value is -1.78. The highest BCUT2D eigenvalue weighted by Crippen LogP contribution is 2.33. The number of allylic oxidation sites excluding steroid dienone is 1. The van der Waals surface area contributed by atoms with Gasteiger partial charge in [0, 0.05) is 24.6 Å². The molecule has 2 atom stereocenters. The molecule has 0 unspecified atom stereocenters. The molecule has 1 saturated heterocycles. The molecule has 1 aliphatic heterocycles. The van der Waals surface area contributed by atoms with Crippen molar-refractivity contribution in [1.82, 2.24) is 9.55 Å². The monoisotopic (exact) mass is 208 g/mol. The zero-order valence-electron chi connectivity index (χ0n) is 8.40. The molecule has 1 aliphatic rings. The molecule has 1 fully saturated rings. The Morgan fingerprint density at radius 2 is 2.33 bits per heavy atom. The lowest BCUT2D eigenvalue weighted by Gasteiger charge is -2.12. The van der Waals surface area contributed by atoms with E-state index in [0.717, 1.165) is 0 Å². The van der Waals surface area contributed by atoms with Crippen LogP contribution in [0.15, 0.2) is 34.2 Å². The van der Waals surface area contributed by atoms with E-state index in [-0.39, 0.29) is 12.1 Å². The highest BCUT2D eigenvalue weighted by molar-refractivity contribution is 4.97. The molecule has 0 spiro atoms. The molecule has 0 bridgehead atoms. The fourth-order valence-electron chi connectivity index (χ4n) is 1.60. The van der Waals surface area contributed by atoms with Crippen LogP contribution in [-0.2, 0) is 4.74 Å². The molecule has 0 amide bonds. The number of hydrogen-bond acceptors (Lipinski definition) is 3. The van der Waals surface area contributed by atoms with E-state index in [1.807, 2.05) is 6.92 Å². The van der Waals surface area contributed by atoms with Crippen LogP contribution in [0.1, 0.15) is 19.6 Å². The van der Waals surface area contributed by atoms with Crippen molar-refractivity contribution in [3.05, 3.63) is 45.4 Å². The minimum atomic E-state index is -0.450. The average Bonchev–Trinajstić information content (AvgIpc) is 2.46. The van der Waals surface area contributed by atoms with Gasteiger partial charge in [-0.05, 0) is 0 Å². The van der Waals surface area contributed by atoms with E-state index < -0.39 is 11.2 Å². The molecule has 0 radical (unpaired) electrons. The quantitative estimate of drug-likeness (QED) is 0.735. The number of nitrogens with zero attached hydrogens (tertiary/aromatic N) is 1. The number of aromatic amines is 1. The van der Waals surface area contributed by atoms with Crippen LogP contribution in [0.25, 0.3) is 0 Å². The first-order valence-corrected chi connectivity index (χ1v) is 4.75. The van der Waals surface area contributed by atoms with Crippen LogP contribution < -0.4 is 11.2 Å². The van der Waals surface area contributed by atoms with Crippen molar-refractivity contribution >= 4 is 0 Å². The minimum Gasteiger partial charge on any atom is -0.475 e. The van der Waals surface area contributed by atoms with E-state index >= 15 is 0 Å². The van der Waals surface area contributed by atoms with E-state index in [9.17, 15) is 9.59 Å². The van der Waals surface area contributed by atoms with Crippen LogP contribution in [-0.4, -0.2) is 9.55 Å².